The summed E-state index contributed by atoms with van der Waals surface area (Å²) in [7, 11) is -3.71. The van der Waals surface area contributed by atoms with Crippen LogP contribution >= 0.6 is 11.8 Å². The van der Waals surface area contributed by atoms with E-state index < -0.39 is 10.0 Å². The Morgan fingerprint density at radius 1 is 1.09 bits per heavy atom. The van der Waals surface area contributed by atoms with Gasteiger partial charge in [0.05, 0.1) is 15.5 Å². The molecule has 22 heavy (non-hydrogen) atoms. The molecule has 3 rings (SSSR count). The summed E-state index contributed by atoms with van der Waals surface area (Å²) in [6.07, 6.45) is 0.582. The molecular weight excluding hydrogens is 323 g/mol. The van der Waals surface area contributed by atoms with E-state index in [1.165, 1.54) is 30.0 Å². The maximum absolute atomic E-state index is 13.8. The van der Waals surface area contributed by atoms with E-state index in [1.54, 1.807) is 30.3 Å². The molecule has 0 fully saturated rings. The van der Waals surface area contributed by atoms with Crippen LogP contribution in [0.5, 0.6) is 0 Å². The molecule has 1 aliphatic rings. The van der Waals surface area contributed by atoms with Crippen LogP contribution in [0.3, 0.4) is 0 Å². The number of halogens is 1. The van der Waals surface area contributed by atoms with Gasteiger partial charge in [-0.05, 0) is 18.2 Å². The Bertz CT molecular complexity index is 821. The van der Waals surface area contributed by atoms with Crippen molar-refractivity contribution in [2.24, 2.45) is 5.10 Å². The van der Waals surface area contributed by atoms with Gasteiger partial charge < -0.3 is 0 Å². The van der Waals surface area contributed by atoms with Crippen LogP contribution in [-0.2, 0) is 10.0 Å². The molecule has 114 valence electrons. The van der Waals surface area contributed by atoms with Gasteiger partial charge in [0, 0.05) is 17.7 Å². The molecular formula is C15H13FN2O2S2. The molecule has 7 heteroatoms. The number of nitrogens with zero attached hydrogens (tertiary/aromatic N) is 1. The summed E-state index contributed by atoms with van der Waals surface area (Å²) in [4.78, 5) is 2.90. The zero-order valence-corrected chi connectivity index (χ0v) is 13.1. The van der Waals surface area contributed by atoms with Crippen LogP contribution < -0.4 is 4.83 Å². The Morgan fingerprint density at radius 3 is 2.64 bits per heavy atom. The van der Waals surface area contributed by atoms with Crippen LogP contribution in [-0.4, -0.2) is 19.9 Å². The quantitative estimate of drug-likeness (QED) is 0.877. The number of fused-ring (bicyclic) bond motifs is 1. The van der Waals surface area contributed by atoms with Gasteiger partial charge in [-0.25, -0.2) is 4.39 Å². The van der Waals surface area contributed by atoms with Crippen molar-refractivity contribution in [3.63, 3.8) is 0 Å². The Balaban J connectivity index is 1.91. The molecule has 4 nitrogen and oxygen atoms in total. The smallest absolute Gasteiger partial charge is 0.206 e. The van der Waals surface area contributed by atoms with Crippen molar-refractivity contribution in [2.45, 2.75) is 16.2 Å². The number of benzene rings is 2. The molecule has 0 saturated carbocycles. The number of hydrogen-bond donors (Lipinski definition) is 1. The summed E-state index contributed by atoms with van der Waals surface area (Å²) >= 11 is 1.42. The maximum Gasteiger partial charge on any atom is 0.276 e. The molecule has 0 spiro atoms. The molecule has 0 bridgehead atoms. The third-order valence-electron chi connectivity index (χ3n) is 3.22. The first-order valence-electron chi connectivity index (χ1n) is 6.63. The molecule has 0 saturated heterocycles. The van der Waals surface area contributed by atoms with Crippen LogP contribution in [0, 0.1) is 5.82 Å². The Labute approximate surface area is 132 Å². The zero-order valence-electron chi connectivity index (χ0n) is 11.5. The molecule has 0 aliphatic carbocycles. The highest BCUT2D eigenvalue weighted by atomic mass is 32.2. The lowest BCUT2D eigenvalue weighted by Crippen LogP contribution is -2.22. The summed E-state index contributed by atoms with van der Waals surface area (Å²) in [5.74, 6) is 0.362. The van der Waals surface area contributed by atoms with Gasteiger partial charge in [0.15, 0.2) is 0 Å². The fourth-order valence-electron chi connectivity index (χ4n) is 2.15. The molecule has 0 radical (unpaired) electrons. The first-order valence-corrected chi connectivity index (χ1v) is 9.10. The van der Waals surface area contributed by atoms with Crippen LogP contribution in [0.2, 0.25) is 0 Å². The monoisotopic (exact) mass is 336 g/mol. The second-order valence-electron chi connectivity index (χ2n) is 4.68. The van der Waals surface area contributed by atoms with E-state index in [2.05, 4.69) is 9.93 Å². The largest absolute Gasteiger partial charge is 0.276 e. The van der Waals surface area contributed by atoms with Gasteiger partial charge in [0.2, 0.25) is 0 Å². The summed E-state index contributed by atoms with van der Waals surface area (Å²) in [5, 5.41) is 4.01. The lowest BCUT2D eigenvalue weighted by Gasteiger charge is -2.17. The molecule has 0 aromatic heterocycles. The lowest BCUT2D eigenvalue weighted by molar-refractivity contribution is 0.584. The first kappa shape index (κ1) is 15.1. The molecule has 0 amide bonds. The third kappa shape index (κ3) is 3.00. The number of hydrazone groups is 1. The van der Waals surface area contributed by atoms with E-state index in [-0.39, 0.29) is 10.7 Å². The van der Waals surface area contributed by atoms with Crippen molar-refractivity contribution in [1.82, 2.24) is 4.83 Å². The molecule has 2 aromatic carbocycles. The van der Waals surface area contributed by atoms with Gasteiger partial charge in [-0.3, -0.25) is 0 Å². The van der Waals surface area contributed by atoms with E-state index in [1.807, 2.05) is 0 Å². The normalized spacial score (nSPS) is 16.3. The van der Waals surface area contributed by atoms with E-state index in [0.717, 1.165) is 0 Å². The van der Waals surface area contributed by atoms with Gasteiger partial charge in [-0.2, -0.15) is 18.4 Å². The van der Waals surface area contributed by atoms with Gasteiger partial charge in [-0.15, -0.1) is 11.8 Å². The standard InChI is InChI=1S/C15H13FN2O2S2/c16-13-8-4-7-12-14(9-10-21-15(12)13)17-18-22(19,20)11-5-2-1-3-6-11/h1-8,18H,9-10H2. The van der Waals surface area contributed by atoms with Crippen molar-refractivity contribution in [1.29, 1.82) is 0 Å². The van der Waals surface area contributed by atoms with Crippen LogP contribution in [0.25, 0.3) is 0 Å². The van der Waals surface area contributed by atoms with E-state index >= 15 is 0 Å². The topological polar surface area (TPSA) is 58.5 Å². The molecule has 0 atom stereocenters. The minimum atomic E-state index is -3.71. The van der Waals surface area contributed by atoms with Crippen molar-refractivity contribution in [3.8, 4) is 0 Å². The second kappa shape index (κ2) is 6.10. The summed E-state index contributed by atoms with van der Waals surface area (Å²) in [6.45, 7) is 0. The fraction of sp³-hybridized carbons (Fsp3) is 0.133. The predicted molar refractivity (Wildman–Crippen MR) is 85.0 cm³/mol. The van der Waals surface area contributed by atoms with Crippen LogP contribution in [0.4, 0.5) is 4.39 Å². The number of thioether (sulfide) groups is 1. The molecule has 1 N–H and O–H groups in total. The zero-order chi connectivity index (χ0) is 15.6. The van der Waals surface area contributed by atoms with Crippen LogP contribution in [0.15, 0.2) is 63.4 Å². The third-order valence-corrected chi connectivity index (χ3v) is 5.55. The minimum absolute atomic E-state index is 0.143. The van der Waals surface area contributed by atoms with Crippen molar-refractivity contribution >= 4 is 27.5 Å². The Kier molecular flexibility index (Phi) is 4.17. The van der Waals surface area contributed by atoms with E-state index in [0.29, 0.717) is 28.3 Å². The predicted octanol–water partition coefficient (Wildman–Crippen LogP) is 3.00. The molecule has 1 aliphatic heterocycles. The number of hydrogen-bond acceptors (Lipinski definition) is 4. The van der Waals surface area contributed by atoms with Gasteiger partial charge in [-0.1, -0.05) is 30.3 Å². The number of rotatable bonds is 3. The highest BCUT2D eigenvalue weighted by molar-refractivity contribution is 7.99. The number of nitrogens with one attached hydrogen (secondary N) is 1. The lowest BCUT2D eigenvalue weighted by atomic mass is 10.1. The maximum atomic E-state index is 13.8. The molecule has 0 unspecified atom stereocenters. The SMILES string of the molecule is O=S(=O)(NN=C1CCSc2c(F)cccc21)c1ccccc1. The Hall–Kier alpha value is -1.86. The van der Waals surface area contributed by atoms with Crippen LogP contribution in [0.1, 0.15) is 12.0 Å². The average molecular weight is 336 g/mol. The fourth-order valence-corrected chi connectivity index (χ4v) is 4.05. The summed E-state index contributed by atoms with van der Waals surface area (Å²) < 4.78 is 38.1. The van der Waals surface area contributed by atoms with E-state index in [9.17, 15) is 12.8 Å². The van der Waals surface area contributed by atoms with Crippen molar-refractivity contribution in [2.75, 3.05) is 5.75 Å². The van der Waals surface area contributed by atoms with Gasteiger partial charge >= 0.3 is 0 Å². The highest BCUT2D eigenvalue weighted by Crippen LogP contribution is 2.32. The second-order valence-corrected chi connectivity index (χ2v) is 7.45. The molecule has 2 aromatic rings. The Morgan fingerprint density at radius 2 is 1.86 bits per heavy atom. The van der Waals surface area contributed by atoms with Gasteiger partial charge in [0.1, 0.15) is 5.82 Å². The average Bonchev–Trinajstić information content (AvgIpc) is 2.54. The van der Waals surface area contributed by atoms with Crippen molar-refractivity contribution in [3.05, 3.63) is 59.9 Å². The highest BCUT2D eigenvalue weighted by Gasteiger charge is 2.20. The van der Waals surface area contributed by atoms with Gasteiger partial charge in [0.25, 0.3) is 10.0 Å². The van der Waals surface area contributed by atoms with Crippen molar-refractivity contribution < 1.29 is 12.8 Å². The van der Waals surface area contributed by atoms with E-state index in [4.69, 9.17) is 0 Å². The summed E-state index contributed by atoms with van der Waals surface area (Å²) in [6, 6.07) is 12.7. The number of sulfonamides is 1. The first-order chi connectivity index (χ1) is 10.6. The minimum Gasteiger partial charge on any atom is -0.206 e. The molecule has 1 heterocycles. The summed E-state index contributed by atoms with van der Waals surface area (Å²) in [5.41, 5.74) is 1.19.